The van der Waals surface area contributed by atoms with Crippen LogP contribution in [0.1, 0.15) is 92.4 Å². The lowest BCUT2D eigenvalue weighted by atomic mass is 9.35. The minimum atomic E-state index is -2.45. The third-order valence-electron chi connectivity index (χ3n) is 19.6. The molecule has 2 unspecified atom stereocenters. The van der Waals surface area contributed by atoms with Crippen LogP contribution in [0.3, 0.4) is 0 Å². The maximum atomic E-state index is 15.2. The second kappa shape index (κ2) is 10.7. The molecule has 13 fully saturated rings. The van der Waals surface area contributed by atoms with Crippen LogP contribution in [0.15, 0.2) is 12.2 Å². The summed E-state index contributed by atoms with van der Waals surface area (Å²) in [5.74, 6) is -10.2. The first-order valence-corrected chi connectivity index (χ1v) is 21.4. The van der Waals surface area contributed by atoms with E-state index in [1.165, 1.54) is 0 Å². The van der Waals surface area contributed by atoms with Crippen molar-refractivity contribution in [3.63, 3.8) is 0 Å². The Morgan fingerprint density at radius 1 is 0.768 bits per heavy atom. The highest BCUT2D eigenvalue weighted by molar-refractivity contribution is 6.05. The average molecular weight is 785 g/mol. The molecule has 8 bridgehead atoms. The number of Topliss-reactive ketones (excluding diaryl/α,β-unsaturated/α-hetero) is 2. The largest absolute Gasteiger partial charge is 0.392 e. The molecule has 310 valence electrons. The number of rotatable bonds is 3. The molecule has 0 radical (unpaired) electrons. The highest BCUT2D eigenvalue weighted by Crippen LogP contribution is 2.80. The van der Waals surface area contributed by atoms with Gasteiger partial charge in [0.15, 0.2) is 24.1 Å². The van der Waals surface area contributed by atoms with E-state index in [-0.39, 0.29) is 24.4 Å². The van der Waals surface area contributed by atoms with E-state index >= 15 is 4.79 Å². The second-order valence-corrected chi connectivity index (χ2v) is 22.0. The van der Waals surface area contributed by atoms with Gasteiger partial charge < -0.3 is 54.7 Å². The van der Waals surface area contributed by atoms with Crippen LogP contribution in [0.4, 0.5) is 0 Å². The molecule has 0 aromatic rings. The molecule has 7 N–H and O–H groups in total. The smallest absolute Gasteiger partial charge is 0.211 e. The Morgan fingerprint density at radius 3 is 2.16 bits per heavy atom. The summed E-state index contributed by atoms with van der Waals surface area (Å²) in [6, 6.07) is 0. The number of carbonyl (C=O) groups is 2. The second-order valence-electron chi connectivity index (χ2n) is 22.0. The molecule has 0 aromatic carbocycles. The molecule has 13 rings (SSSR count). The normalized spacial score (nSPS) is 62.4. The standard InChI is InChI=1S/C43H60O13/c1-17(15-21-20-8-9-22-38-16-53-42(51,40(22,30(20)47)31(21)48)32(49)26(38)36(3,4)13-11-24(38)44)34-54-25-12-14-37(5,6)27-33(50)43(52)41-23(39(25,27)35(55-34)56-43)10-7-19(29(41)46)18(2)28(41)45/h17,19-27,29-30,32-35,44,46-47,49-52H,2,7-16H2,1,3-6H3/t17?,19-,20-,21-,22-,23-,24-,25-,26+,27+,29+,30+,32-,33-,34+,35?,38+,39-,40+,41-,42+,43+/m0/s1. The number of aliphatic hydroxyl groups is 7. The van der Waals surface area contributed by atoms with Crippen molar-refractivity contribution in [2.45, 2.75) is 153 Å². The molecule has 5 aliphatic heterocycles. The minimum Gasteiger partial charge on any atom is -0.392 e. The van der Waals surface area contributed by atoms with E-state index in [4.69, 9.17) is 18.9 Å². The lowest BCUT2D eigenvalue weighted by molar-refractivity contribution is -0.546. The van der Waals surface area contributed by atoms with Gasteiger partial charge in [0.2, 0.25) is 11.6 Å². The Hall–Kier alpha value is -1.36. The molecule has 13 nitrogen and oxygen atoms in total. The van der Waals surface area contributed by atoms with Crippen LogP contribution < -0.4 is 0 Å². The van der Waals surface area contributed by atoms with Crippen molar-refractivity contribution in [2.24, 2.45) is 79.8 Å². The lowest BCUT2D eigenvalue weighted by Crippen LogP contribution is -2.89. The summed E-state index contributed by atoms with van der Waals surface area (Å²) in [5, 5.41) is 85.5. The fraction of sp³-hybridized carbons (Fsp3) is 0.907. The van der Waals surface area contributed by atoms with Crippen LogP contribution in [0.25, 0.3) is 0 Å². The zero-order chi connectivity index (χ0) is 39.9. The van der Waals surface area contributed by atoms with Gasteiger partial charge in [-0.25, -0.2) is 0 Å². The highest BCUT2D eigenvalue weighted by Gasteiger charge is 2.91. The summed E-state index contributed by atoms with van der Waals surface area (Å²) in [5.41, 5.74) is -6.44. The third-order valence-corrected chi connectivity index (χ3v) is 19.6. The van der Waals surface area contributed by atoms with Crippen LogP contribution in [-0.4, -0.2) is 115 Å². The number of ketones is 2. The fourth-order valence-electron chi connectivity index (χ4n) is 17.7. The zero-order valence-corrected chi connectivity index (χ0v) is 33.1. The quantitative estimate of drug-likeness (QED) is 0.203. The summed E-state index contributed by atoms with van der Waals surface area (Å²) >= 11 is 0. The topological polar surface area (TPSA) is 213 Å². The predicted molar refractivity (Wildman–Crippen MR) is 192 cm³/mol. The first-order chi connectivity index (χ1) is 26.2. The van der Waals surface area contributed by atoms with Crippen LogP contribution in [0, 0.1) is 79.8 Å². The lowest BCUT2D eigenvalue weighted by Gasteiger charge is -2.77. The van der Waals surface area contributed by atoms with E-state index in [9.17, 15) is 40.5 Å². The number of carbonyl (C=O) groups excluding carboxylic acids is 2. The maximum absolute atomic E-state index is 15.2. The summed E-state index contributed by atoms with van der Waals surface area (Å²) in [6.07, 6.45) is -4.53. The number of hydrogen-bond donors (Lipinski definition) is 7. The molecule has 56 heavy (non-hydrogen) atoms. The van der Waals surface area contributed by atoms with Gasteiger partial charge in [0.1, 0.15) is 23.0 Å². The number of fused-ring (bicyclic) bond motifs is 3. The van der Waals surface area contributed by atoms with Gasteiger partial charge in [0.25, 0.3) is 0 Å². The molecule has 5 heterocycles. The van der Waals surface area contributed by atoms with E-state index in [1.54, 1.807) is 0 Å². The van der Waals surface area contributed by atoms with Crippen LogP contribution in [0.2, 0.25) is 0 Å². The number of ether oxygens (including phenoxy) is 4. The van der Waals surface area contributed by atoms with Gasteiger partial charge in [-0.1, -0.05) is 41.2 Å². The van der Waals surface area contributed by atoms with Crippen molar-refractivity contribution in [1.82, 2.24) is 0 Å². The summed E-state index contributed by atoms with van der Waals surface area (Å²) < 4.78 is 26.5. The van der Waals surface area contributed by atoms with Crippen LogP contribution >= 0.6 is 0 Å². The van der Waals surface area contributed by atoms with Crippen LogP contribution in [0.5, 0.6) is 0 Å². The Balaban J connectivity index is 0.939. The zero-order valence-electron chi connectivity index (χ0n) is 33.1. The van der Waals surface area contributed by atoms with Crippen molar-refractivity contribution in [1.29, 1.82) is 0 Å². The van der Waals surface area contributed by atoms with Crippen molar-refractivity contribution in [3.8, 4) is 0 Å². The van der Waals surface area contributed by atoms with Crippen molar-refractivity contribution in [2.75, 3.05) is 6.61 Å². The van der Waals surface area contributed by atoms with E-state index in [1.807, 2.05) is 20.8 Å². The monoisotopic (exact) mass is 784 g/mol. The number of aliphatic hydroxyl groups excluding tert-OH is 5. The fourth-order valence-corrected chi connectivity index (χ4v) is 17.7. The molecule has 13 heteroatoms. The molecular weight excluding hydrogens is 724 g/mol. The Morgan fingerprint density at radius 2 is 1.43 bits per heavy atom. The van der Waals surface area contributed by atoms with Crippen LogP contribution in [-0.2, 0) is 28.5 Å². The predicted octanol–water partition coefficient (Wildman–Crippen LogP) is 1.56. The molecule has 8 saturated carbocycles. The molecule has 5 saturated heterocycles. The molecule has 22 atom stereocenters. The van der Waals surface area contributed by atoms with Crippen molar-refractivity contribution < 1.29 is 64.3 Å². The molecule has 0 aromatic heterocycles. The van der Waals surface area contributed by atoms with E-state index in [0.29, 0.717) is 51.4 Å². The third kappa shape index (κ3) is 3.49. The van der Waals surface area contributed by atoms with Crippen molar-refractivity contribution in [3.05, 3.63) is 12.2 Å². The molecule has 13 aliphatic rings. The summed E-state index contributed by atoms with van der Waals surface area (Å²) in [4.78, 5) is 29.5. The average Bonchev–Trinajstić information content (AvgIpc) is 3.30. The summed E-state index contributed by atoms with van der Waals surface area (Å²) in [7, 11) is 0. The van der Waals surface area contributed by atoms with Gasteiger partial charge in [-0.3, -0.25) is 9.59 Å². The van der Waals surface area contributed by atoms with Gasteiger partial charge in [-0.05, 0) is 91.9 Å². The van der Waals surface area contributed by atoms with E-state index < -0.39 is 146 Å². The van der Waals surface area contributed by atoms with Gasteiger partial charge in [-0.15, -0.1) is 0 Å². The Bertz CT molecular complexity index is 1820. The van der Waals surface area contributed by atoms with E-state index in [0.717, 1.165) is 0 Å². The Labute approximate surface area is 327 Å². The first kappa shape index (κ1) is 37.6. The molecule has 0 amide bonds. The van der Waals surface area contributed by atoms with Gasteiger partial charge in [0, 0.05) is 35.0 Å². The Kier molecular flexibility index (Phi) is 7.22. The SMILES string of the molecule is C=C1C(=O)[C@]23[C@H](O)[C@H]1CC[C@H]2[C@]12C4O[C@H](C(C)C[C@@H]5C(=O)[C@]67[C@H](O)[C@H]5CC[C@H]6[C@@]56CO[C@]7(O)[C@@H](O)[C@@H]5C(C)(C)CC[C@@H]6O)O[C@H]1CCC(C)(C)[C@H]2[C@H](O)[C@@]3(O)O4. The first-order valence-electron chi connectivity index (χ1n) is 21.4. The van der Waals surface area contributed by atoms with Gasteiger partial charge >= 0.3 is 0 Å². The maximum Gasteiger partial charge on any atom is 0.211 e. The minimum absolute atomic E-state index is 0.000769. The molecule has 8 aliphatic carbocycles. The molecular formula is C43H60O13. The van der Waals surface area contributed by atoms with Gasteiger partial charge in [0.05, 0.1) is 36.4 Å². The van der Waals surface area contributed by atoms with E-state index in [2.05, 4.69) is 20.4 Å². The summed E-state index contributed by atoms with van der Waals surface area (Å²) in [6.45, 7) is 14.1. The van der Waals surface area contributed by atoms with Crippen molar-refractivity contribution >= 4 is 11.6 Å². The number of hydrogen-bond acceptors (Lipinski definition) is 13. The highest BCUT2D eigenvalue weighted by atomic mass is 16.8. The van der Waals surface area contributed by atoms with Gasteiger partial charge in [-0.2, -0.15) is 0 Å². The molecule has 4 spiro atoms.